The molecule has 0 aliphatic carbocycles. The second kappa shape index (κ2) is 5.85. The SMILES string of the molecule is C=CC(=O)Oc1ccc(-c2ccc(C(C)C)cc2)s1. The van der Waals surface area contributed by atoms with Crippen molar-refractivity contribution in [3.05, 3.63) is 54.6 Å². The summed E-state index contributed by atoms with van der Waals surface area (Å²) in [5, 5.41) is 0.591. The predicted octanol–water partition coefficient (Wildman–Crippen LogP) is 4.63. The lowest BCUT2D eigenvalue weighted by molar-refractivity contribution is -0.128. The average molecular weight is 272 g/mol. The van der Waals surface area contributed by atoms with Gasteiger partial charge in [-0.05, 0) is 29.2 Å². The molecule has 0 aliphatic heterocycles. The molecule has 1 heterocycles. The molecule has 2 rings (SSSR count). The van der Waals surface area contributed by atoms with Gasteiger partial charge >= 0.3 is 5.97 Å². The van der Waals surface area contributed by atoms with Crippen molar-refractivity contribution in [2.75, 3.05) is 0 Å². The molecule has 3 heteroatoms. The van der Waals surface area contributed by atoms with Gasteiger partial charge in [0.05, 0.1) is 0 Å². The van der Waals surface area contributed by atoms with Crippen LogP contribution in [-0.4, -0.2) is 5.97 Å². The number of esters is 1. The maximum atomic E-state index is 11.1. The summed E-state index contributed by atoms with van der Waals surface area (Å²) in [6.45, 7) is 7.73. The summed E-state index contributed by atoms with van der Waals surface area (Å²) in [5.74, 6) is 0.102. The minimum Gasteiger partial charge on any atom is -0.412 e. The largest absolute Gasteiger partial charge is 0.412 e. The fraction of sp³-hybridized carbons (Fsp3) is 0.188. The van der Waals surface area contributed by atoms with Crippen molar-refractivity contribution in [2.24, 2.45) is 0 Å². The topological polar surface area (TPSA) is 26.3 Å². The number of benzene rings is 1. The zero-order valence-electron chi connectivity index (χ0n) is 11.1. The number of carbonyl (C=O) groups excluding carboxylic acids is 1. The number of ether oxygens (including phenoxy) is 1. The summed E-state index contributed by atoms with van der Waals surface area (Å²) >= 11 is 1.45. The molecule has 1 aromatic carbocycles. The van der Waals surface area contributed by atoms with Crippen LogP contribution in [0.2, 0.25) is 0 Å². The molecule has 0 saturated carbocycles. The Morgan fingerprint density at radius 3 is 2.47 bits per heavy atom. The molecule has 2 nitrogen and oxygen atoms in total. The summed E-state index contributed by atoms with van der Waals surface area (Å²) in [4.78, 5) is 12.2. The normalized spacial score (nSPS) is 10.5. The van der Waals surface area contributed by atoms with Gasteiger partial charge in [-0.2, -0.15) is 0 Å². The Kier molecular flexibility index (Phi) is 4.17. The van der Waals surface area contributed by atoms with E-state index in [4.69, 9.17) is 4.74 Å². The van der Waals surface area contributed by atoms with E-state index >= 15 is 0 Å². The smallest absolute Gasteiger partial charge is 0.336 e. The molecule has 19 heavy (non-hydrogen) atoms. The molecule has 0 amide bonds. The summed E-state index contributed by atoms with van der Waals surface area (Å²) in [6, 6.07) is 12.2. The zero-order chi connectivity index (χ0) is 13.8. The maximum Gasteiger partial charge on any atom is 0.336 e. The van der Waals surface area contributed by atoms with E-state index in [0.29, 0.717) is 11.0 Å². The molecule has 0 atom stereocenters. The van der Waals surface area contributed by atoms with Crippen LogP contribution in [0, 0.1) is 0 Å². The van der Waals surface area contributed by atoms with Crippen LogP contribution in [0.4, 0.5) is 0 Å². The third-order valence-electron chi connectivity index (χ3n) is 2.81. The minimum atomic E-state index is -0.427. The first-order chi connectivity index (χ1) is 9.10. The first-order valence-corrected chi connectivity index (χ1v) is 6.96. The molecule has 0 fully saturated rings. The van der Waals surface area contributed by atoms with E-state index in [2.05, 4.69) is 44.7 Å². The van der Waals surface area contributed by atoms with Crippen LogP contribution >= 0.6 is 11.3 Å². The van der Waals surface area contributed by atoms with Gasteiger partial charge in [-0.1, -0.05) is 56.0 Å². The molecular weight excluding hydrogens is 256 g/mol. The van der Waals surface area contributed by atoms with Crippen molar-refractivity contribution in [3.8, 4) is 15.5 Å². The fourth-order valence-corrected chi connectivity index (χ4v) is 2.57. The summed E-state index contributed by atoms with van der Waals surface area (Å²) in [5.41, 5.74) is 2.45. The Labute approximate surface area is 117 Å². The van der Waals surface area contributed by atoms with E-state index < -0.39 is 5.97 Å². The molecule has 0 spiro atoms. The fourth-order valence-electron chi connectivity index (χ4n) is 1.70. The Morgan fingerprint density at radius 1 is 1.21 bits per heavy atom. The lowest BCUT2D eigenvalue weighted by Gasteiger charge is -2.05. The zero-order valence-corrected chi connectivity index (χ0v) is 11.9. The predicted molar refractivity (Wildman–Crippen MR) is 79.7 cm³/mol. The van der Waals surface area contributed by atoms with Crippen LogP contribution in [-0.2, 0) is 4.79 Å². The number of carbonyl (C=O) groups is 1. The van der Waals surface area contributed by atoms with E-state index in [1.165, 1.54) is 16.9 Å². The van der Waals surface area contributed by atoms with Crippen LogP contribution in [0.3, 0.4) is 0 Å². The van der Waals surface area contributed by atoms with Crippen molar-refractivity contribution in [2.45, 2.75) is 19.8 Å². The summed E-state index contributed by atoms with van der Waals surface area (Å²) in [7, 11) is 0. The van der Waals surface area contributed by atoms with Crippen molar-refractivity contribution in [1.82, 2.24) is 0 Å². The van der Waals surface area contributed by atoms with E-state index in [1.54, 1.807) is 6.07 Å². The van der Waals surface area contributed by atoms with Gasteiger partial charge in [0.15, 0.2) is 5.06 Å². The van der Waals surface area contributed by atoms with Gasteiger partial charge in [0.1, 0.15) is 0 Å². The Balaban J connectivity index is 2.18. The third kappa shape index (κ3) is 3.32. The van der Waals surface area contributed by atoms with Crippen molar-refractivity contribution >= 4 is 17.3 Å². The van der Waals surface area contributed by atoms with Gasteiger partial charge in [0.25, 0.3) is 0 Å². The van der Waals surface area contributed by atoms with Gasteiger partial charge in [-0.15, -0.1) is 0 Å². The number of hydrogen-bond acceptors (Lipinski definition) is 3. The lowest BCUT2D eigenvalue weighted by Crippen LogP contribution is -2.00. The highest BCUT2D eigenvalue weighted by Crippen LogP contribution is 2.33. The van der Waals surface area contributed by atoms with Gasteiger partial charge in [0, 0.05) is 11.0 Å². The molecule has 1 aromatic heterocycles. The molecule has 0 aliphatic rings. The third-order valence-corrected chi connectivity index (χ3v) is 3.82. The lowest BCUT2D eigenvalue weighted by atomic mass is 10.0. The van der Waals surface area contributed by atoms with E-state index in [0.717, 1.165) is 16.5 Å². The van der Waals surface area contributed by atoms with Gasteiger partial charge in [-0.25, -0.2) is 4.79 Å². The van der Waals surface area contributed by atoms with Crippen LogP contribution in [0.1, 0.15) is 25.3 Å². The summed E-state index contributed by atoms with van der Waals surface area (Å²) < 4.78 is 5.09. The monoisotopic (exact) mass is 272 g/mol. The average Bonchev–Trinajstić information content (AvgIpc) is 2.87. The number of hydrogen-bond donors (Lipinski definition) is 0. The first-order valence-electron chi connectivity index (χ1n) is 6.14. The van der Waals surface area contributed by atoms with Gasteiger partial charge in [-0.3, -0.25) is 0 Å². The molecular formula is C16H16O2S. The molecule has 2 aromatic rings. The highest BCUT2D eigenvalue weighted by molar-refractivity contribution is 7.17. The molecule has 0 bridgehead atoms. The molecule has 0 N–H and O–H groups in total. The van der Waals surface area contributed by atoms with Crippen molar-refractivity contribution in [1.29, 1.82) is 0 Å². The molecule has 0 saturated heterocycles. The first kappa shape index (κ1) is 13.6. The van der Waals surface area contributed by atoms with Gasteiger partial charge in [0.2, 0.25) is 0 Å². The molecule has 0 radical (unpaired) electrons. The van der Waals surface area contributed by atoms with Crippen LogP contribution in [0.5, 0.6) is 5.06 Å². The maximum absolute atomic E-state index is 11.1. The Bertz CT molecular complexity index is 579. The van der Waals surface area contributed by atoms with Crippen molar-refractivity contribution in [3.63, 3.8) is 0 Å². The van der Waals surface area contributed by atoms with Gasteiger partial charge < -0.3 is 4.74 Å². The number of thiophene rings is 1. The second-order valence-corrected chi connectivity index (χ2v) is 5.57. The highest BCUT2D eigenvalue weighted by Gasteiger charge is 2.07. The highest BCUT2D eigenvalue weighted by atomic mass is 32.1. The standard InChI is InChI=1S/C16H16O2S/c1-4-15(17)18-16-10-9-14(19-16)13-7-5-12(6-8-13)11(2)3/h4-11H,1H2,2-3H3. The Morgan fingerprint density at radius 2 is 1.89 bits per heavy atom. The minimum absolute atomic E-state index is 0.427. The van der Waals surface area contributed by atoms with E-state index in [1.807, 2.05) is 6.07 Å². The van der Waals surface area contributed by atoms with Crippen LogP contribution in [0.25, 0.3) is 10.4 Å². The van der Waals surface area contributed by atoms with Crippen LogP contribution in [0.15, 0.2) is 49.1 Å². The second-order valence-electron chi connectivity index (χ2n) is 4.52. The summed E-state index contributed by atoms with van der Waals surface area (Å²) in [6.07, 6.45) is 1.16. The van der Waals surface area contributed by atoms with Crippen LogP contribution < -0.4 is 4.74 Å². The Hall–Kier alpha value is -1.87. The quantitative estimate of drug-likeness (QED) is 0.599. The number of rotatable bonds is 4. The van der Waals surface area contributed by atoms with E-state index in [-0.39, 0.29) is 0 Å². The van der Waals surface area contributed by atoms with Crippen molar-refractivity contribution < 1.29 is 9.53 Å². The van der Waals surface area contributed by atoms with E-state index in [9.17, 15) is 4.79 Å². The molecule has 0 unspecified atom stereocenters. The molecule has 98 valence electrons.